The summed E-state index contributed by atoms with van der Waals surface area (Å²) < 4.78 is 9.96. The van der Waals surface area contributed by atoms with E-state index in [0.29, 0.717) is 6.61 Å². The van der Waals surface area contributed by atoms with Crippen molar-refractivity contribution in [3.05, 3.63) is 42.2 Å². The maximum Gasteiger partial charge on any atom is 0.163 e. The summed E-state index contributed by atoms with van der Waals surface area (Å²) in [7, 11) is 4.02. The molecule has 1 aromatic carbocycles. The maximum atomic E-state index is 5.87. The normalized spacial score (nSPS) is 19.5. The molecule has 0 saturated carbocycles. The van der Waals surface area contributed by atoms with Gasteiger partial charge in [0.15, 0.2) is 5.82 Å². The number of imidazole rings is 1. The van der Waals surface area contributed by atoms with Gasteiger partial charge >= 0.3 is 0 Å². The van der Waals surface area contributed by atoms with E-state index in [-0.39, 0.29) is 6.10 Å². The number of morpholine rings is 1. The summed E-state index contributed by atoms with van der Waals surface area (Å²) in [6.45, 7) is 3.21. The number of aryl methyl sites for hydroxylation is 2. The zero-order valence-electron chi connectivity index (χ0n) is 13.4. The van der Waals surface area contributed by atoms with Crippen LogP contribution in [-0.2, 0) is 25.4 Å². The molecule has 1 atom stereocenters. The molecule has 120 valence electrons. The van der Waals surface area contributed by atoms with Gasteiger partial charge in [0.1, 0.15) is 18.3 Å². The molecular formula is C16H20N6O. The van der Waals surface area contributed by atoms with E-state index in [1.807, 2.05) is 23.7 Å². The molecule has 1 fully saturated rings. The summed E-state index contributed by atoms with van der Waals surface area (Å²) in [4.78, 5) is 7.12. The number of aromatic nitrogens is 5. The fourth-order valence-electron chi connectivity index (χ4n) is 3.12. The Hall–Kier alpha value is -2.25. The molecule has 0 aliphatic carbocycles. The summed E-state index contributed by atoms with van der Waals surface area (Å²) in [5.41, 5.74) is 2.21. The van der Waals surface area contributed by atoms with E-state index >= 15 is 0 Å². The van der Waals surface area contributed by atoms with Crippen LogP contribution in [0.15, 0.2) is 30.6 Å². The Labute approximate surface area is 134 Å². The van der Waals surface area contributed by atoms with Crippen LogP contribution in [0.2, 0.25) is 0 Å². The molecular weight excluding hydrogens is 292 g/mol. The number of ether oxygens (including phenoxy) is 1. The first-order valence-electron chi connectivity index (χ1n) is 7.80. The molecule has 7 nitrogen and oxygen atoms in total. The van der Waals surface area contributed by atoms with Crippen molar-refractivity contribution < 1.29 is 4.74 Å². The SMILES string of the molecule is Cn1cnnc1[C@H]1CN(Cc2nc3ccccc3n2C)CCO1. The third-order valence-corrected chi connectivity index (χ3v) is 4.43. The van der Waals surface area contributed by atoms with Gasteiger partial charge in [-0.1, -0.05) is 12.1 Å². The van der Waals surface area contributed by atoms with Crippen molar-refractivity contribution in [3.8, 4) is 0 Å². The van der Waals surface area contributed by atoms with Crippen LogP contribution in [0.5, 0.6) is 0 Å². The van der Waals surface area contributed by atoms with Crippen LogP contribution >= 0.6 is 0 Å². The number of para-hydroxylation sites is 2. The third kappa shape index (κ3) is 2.62. The highest BCUT2D eigenvalue weighted by atomic mass is 16.5. The zero-order chi connectivity index (χ0) is 15.8. The monoisotopic (exact) mass is 312 g/mol. The van der Waals surface area contributed by atoms with Gasteiger partial charge in [-0.15, -0.1) is 10.2 Å². The molecule has 1 saturated heterocycles. The van der Waals surface area contributed by atoms with E-state index in [1.165, 1.54) is 5.52 Å². The highest BCUT2D eigenvalue weighted by Crippen LogP contribution is 2.22. The fraction of sp³-hybridized carbons (Fsp3) is 0.438. The van der Waals surface area contributed by atoms with Crippen molar-refractivity contribution in [2.24, 2.45) is 14.1 Å². The van der Waals surface area contributed by atoms with Crippen LogP contribution in [0.3, 0.4) is 0 Å². The molecule has 0 radical (unpaired) electrons. The van der Waals surface area contributed by atoms with Crippen molar-refractivity contribution in [2.75, 3.05) is 19.7 Å². The average Bonchev–Trinajstić information content (AvgIpc) is 3.12. The minimum absolute atomic E-state index is 0.0362. The quantitative estimate of drug-likeness (QED) is 0.729. The van der Waals surface area contributed by atoms with Gasteiger partial charge in [-0.2, -0.15) is 0 Å². The molecule has 0 N–H and O–H groups in total. The summed E-state index contributed by atoms with van der Waals surface area (Å²) in [6, 6.07) is 8.23. The van der Waals surface area contributed by atoms with Crippen LogP contribution in [0.1, 0.15) is 17.8 Å². The lowest BCUT2D eigenvalue weighted by molar-refractivity contribution is -0.0394. The highest BCUT2D eigenvalue weighted by Gasteiger charge is 2.26. The molecule has 0 bridgehead atoms. The lowest BCUT2D eigenvalue weighted by atomic mass is 10.2. The first-order chi connectivity index (χ1) is 11.2. The van der Waals surface area contributed by atoms with Gasteiger partial charge in [-0.25, -0.2) is 4.98 Å². The molecule has 3 aromatic rings. The van der Waals surface area contributed by atoms with E-state index in [4.69, 9.17) is 9.72 Å². The van der Waals surface area contributed by atoms with E-state index in [2.05, 4.69) is 38.8 Å². The second kappa shape index (κ2) is 5.75. The van der Waals surface area contributed by atoms with Crippen molar-refractivity contribution in [2.45, 2.75) is 12.6 Å². The minimum atomic E-state index is -0.0362. The van der Waals surface area contributed by atoms with Crippen molar-refractivity contribution in [3.63, 3.8) is 0 Å². The Morgan fingerprint density at radius 2 is 2.13 bits per heavy atom. The summed E-state index contributed by atoms with van der Waals surface area (Å²) in [6.07, 6.45) is 1.68. The van der Waals surface area contributed by atoms with E-state index in [9.17, 15) is 0 Å². The van der Waals surface area contributed by atoms with Gasteiger partial charge < -0.3 is 13.9 Å². The molecule has 0 unspecified atom stereocenters. The number of hydrogen-bond donors (Lipinski definition) is 0. The van der Waals surface area contributed by atoms with E-state index in [1.54, 1.807) is 6.33 Å². The highest BCUT2D eigenvalue weighted by molar-refractivity contribution is 5.75. The minimum Gasteiger partial charge on any atom is -0.368 e. The maximum absolute atomic E-state index is 5.87. The molecule has 1 aliphatic rings. The number of fused-ring (bicyclic) bond motifs is 1. The lowest BCUT2D eigenvalue weighted by Crippen LogP contribution is -2.39. The average molecular weight is 312 g/mol. The van der Waals surface area contributed by atoms with Crippen molar-refractivity contribution >= 4 is 11.0 Å². The number of rotatable bonds is 3. The molecule has 0 spiro atoms. The predicted molar refractivity (Wildman–Crippen MR) is 85.7 cm³/mol. The largest absolute Gasteiger partial charge is 0.368 e. The predicted octanol–water partition coefficient (Wildman–Crippen LogP) is 1.28. The van der Waals surface area contributed by atoms with Gasteiger partial charge in [-0.3, -0.25) is 4.90 Å². The van der Waals surface area contributed by atoms with Crippen molar-refractivity contribution in [1.29, 1.82) is 0 Å². The van der Waals surface area contributed by atoms with E-state index < -0.39 is 0 Å². The van der Waals surface area contributed by atoms with Gasteiger partial charge in [0.2, 0.25) is 0 Å². The molecule has 4 rings (SSSR count). The van der Waals surface area contributed by atoms with Crippen LogP contribution in [0.25, 0.3) is 11.0 Å². The molecule has 0 amide bonds. The molecule has 7 heteroatoms. The fourth-order valence-corrected chi connectivity index (χ4v) is 3.12. The molecule has 2 aromatic heterocycles. The Morgan fingerprint density at radius 1 is 1.26 bits per heavy atom. The topological polar surface area (TPSA) is 61.0 Å². The molecule has 23 heavy (non-hydrogen) atoms. The number of hydrogen-bond acceptors (Lipinski definition) is 5. The molecule has 1 aliphatic heterocycles. The molecule has 3 heterocycles. The summed E-state index contributed by atoms with van der Waals surface area (Å²) in [5.74, 6) is 1.95. The third-order valence-electron chi connectivity index (χ3n) is 4.43. The van der Waals surface area contributed by atoms with Crippen LogP contribution in [-0.4, -0.2) is 48.9 Å². The second-order valence-corrected chi connectivity index (χ2v) is 5.97. The van der Waals surface area contributed by atoms with Gasteiger partial charge in [0.25, 0.3) is 0 Å². The van der Waals surface area contributed by atoms with Gasteiger partial charge in [0, 0.05) is 27.2 Å². The van der Waals surface area contributed by atoms with Gasteiger partial charge in [-0.05, 0) is 12.1 Å². The number of nitrogens with zero attached hydrogens (tertiary/aromatic N) is 6. The smallest absolute Gasteiger partial charge is 0.163 e. The van der Waals surface area contributed by atoms with Crippen LogP contribution in [0.4, 0.5) is 0 Å². The zero-order valence-corrected chi connectivity index (χ0v) is 13.4. The Kier molecular flexibility index (Phi) is 3.59. The number of benzene rings is 1. The Balaban J connectivity index is 1.54. The van der Waals surface area contributed by atoms with Crippen LogP contribution < -0.4 is 0 Å². The van der Waals surface area contributed by atoms with Crippen LogP contribution in [0, 0.1) is 0 Å². The second-order valence-electron chi connectivity index (χ2n) is 5.97. The van der Waals surface area contributed by atoms with Gasteiger partial charge in [0.05, 0.1) is 24.2 Å². The van der Waals surface area contributed by atoms with Crippen molar-refractivity contribution in [1.82, 2.24) is 29.2 Å². The Morgan fingerprint density at radius 3 is 2.91 bits per heavy atom. The van der Waals surface area contributed by atoms with E-state index in [0.717, 1.165) is 36.8 Å². The summed E-state index contributed by atoms with van der Waals surface area (Å²) in [5, 5.41) is 8.12. The Bertz CT molecular complexity index is 823. The standard InChI is InChI=1S/C16H20N6O/c1-20-11-17-19-16(20)14-9-22(7-8-23-14)10-15-18-12-5-3-4-6-13(12)21(15)2/h3-6,11,14H,7-10H2,1-2H3/t14-/m1/s1. The first-order valence-corrected chi connectivity index (χ1v) is 7.80. The summed E-state index contributed by atoms with van der Waals surface area (Å²) >= 11 is 0. The lowest BCUT2D eigenvalue weighted by Gasteiger charge is -2.31. The first kappa shape index (κ1) is 14.3.